The van der Waals surface area contributed by atoms with Crippen LogP contribution in [0, 0.1) is 5.41 Å². The minimum absolute atomic E-state index is 0. The first-order valence-electron chi connectivity index (χ1n) is 8.15. The molecule has 1 aliphatic heterocycles. The van der Waals surface area contributed by atoms with Crippen molar-refractivity contribution in [3.63, 3.8) is 0 Å². The smallest absolute Gasteiger partial charge is 0.387 e. The van der Waals surface area contributed by atoms with Crippen molar-refractivity contribution in [2.75, 3.05) is 13.1 Å². The molecule has 2 N–H and O–H groups in total. The molecule has 1 fully saturated rings. The van der Waals surface area contributed by atoms with Gasteiger partial charge in [-0.15, -0.1) is 17.5 Å². The fraction of sp³-hybridized carbons (Fsp3) is 0.562. The summed E-state index contributed by atoms with van der Waals surface area (Å²) in [5.41, 5.74) is 6.90. The zero-order valence-electron chi connectivity index (χ0n) is 14.7. The van der Waals surface area contributed by atoms with Gasteiger partial charge in [-0.25, -0.2) is 0 Å². The van der Waals surface area contributed by atoms with Crippen LogP contribution in [0.5, 0.6) is 5.75 Å². The molecule has 1 saturated heterocycles. The van der Waals surface area contributed by atoms with E-state index in [1.807, 2.05) is 0 Å². The number of rotatable bonds is 5. The highest BCUT2D eigenvalue weighted by Crippen LogP contribution is 2.28. The van der Waals surface area contributed by atoms with Crippen molar-refractivity contribution in [3.05, 3.63) is 30.1 Å². The van der Waals surface area contributed by atoms with E-state index in [-0.39, 0.29) is 29.6 Å². The van der Waals surface area contributed by atoms with Crippen molar-refractivity contribution < 1.29 is 13.5 Å². The van der Waals surface area contributed by atoms with Crippen LogP contribution in [0.2, 0.25) is 0 Å². The summed E-state index contributed by atoms with van der Waals surface area (Å²) in [6.07, 6.45) is 0.925. The van der Waals surface area contributed by atoms with E-state index >= 15 is 0 Å². The summed E-state index contributed by atoms with van der Waals surface area (Å²) in [6, 6.07) is 6.41. The van der Waals surface area contributed by atoms with E-state index in [1.165, 1.54) is 12.1 Å². The molecule has 1 aromatic heterocycles. The topological polar surface area (TPSA) is 82.1 Å². The number of hydrogen-bond donors (Lipinski definition) is 1. The molecule has 0 amide bonds. The molecular formula is C16H23ClF2N6O. The molecule has 7 nitrogen and oxygen atoms in total. The van der Waals surface area contributed by atoms with Crippen LogP contribution in [0.25, 0.3) is 5.69 Å². The standard InChI is InChI=1S/C16H22F2N6O.ClH/c1-16(2)10-23(8-7-13(16)19)9-14-20-21-22-24(14)11-3-5-12(6-4-11)25-15(17)18;/h3-6,13,15H,7-10,19H2,1-2H3;1H. The normalized spacial score (nSPS) is 20.0. The van der Waals surface area contributed by atoms with Crippen molar-refractivity contribution in [1.29, 1.82) is 0 Å². The molecular weight excluding hydrogens is 366 g/mol. The van der Waals surface area contributed by atoms with Gasteiger partial charge in [-0.3, -0.25) is 4.90 Å². The zero-order chi connectivity index (χ0) is 18.0. The second kappa shape index (κ2) is 8.24. The van der Waals surface area contributed by atoms with Crippen LogP contribution >= 0.6 is 12.4 Å². The molecule has 1 aromatic carbocycles. The van der Waals surface area contributed by atoms with Crippen LogP contribution < -0.4 is 10.5 Å². The van der Waals surface area contributed by atoms with Gasteiger partial charge in [0.25, 0.3) is 0 Å². The summed E-state index contributed by atoms with van der Waals surface area (Å²) in [6.45, 7) is 3.82. The summed E-state index contributed by atoms with van der Waals surface area (Å²) < 4.78 is 30.4. The molecule has 1 aliphatic rings. The highest BCUT2D eigenvalue weighted by atomic mass is 35.5. The molecule has 0 aliphatic carbocycles. The van der Waals surface area contributed by atoms with E-state index in [2.05, 4.69) is 39.0 Å². The Morgan fingerprint density at radius 2 is 2.00 bits per heavy atom. The highest BCUT2D eigenvalue weighted by Gasteiger charge is 2.33. The Balaban J connectivity index is 0.00000243. The molecule has 2 heterocycles. The Morgan fingerprint density at radius 1 is 1.31 bits per heavy atom. The van der Waals surface area contributed by atoms with Crippen molar-refractivity contribution in [2.45, 2.75) is 39.5 Å². The average Bonchev–Trinajstić information content (AvgIpc) is 2.99. The van der Waals surface area contributed by atoms with E-state index in [0.717, 1.165) is 19.5 Å². The van der Waals surface area contributed by atoms with Crippen LogP contribution in [0.15, 0.2) is 24.3 Å². The van der Waals surface area contributed by atoms with Crippen LogP contribution in [0.4, 0.5) is 8.78 Å². The number of ether oxygens (including phenoxy) is 1. The lowest BCUT2D eigenvalue weighted by Gasteiger charge is -2.42. The molecule has 3 rings (SSSR count). The number of benzene rings is 1. The van der Waals surface area contributed by atoms with Crippen LogP contribution in [0.3, 0.4) is 0 Å². The van der Waals surface area contributed by atoms with E-state index in [4.69, 9.17) is 5.73 Å². The van der Waals surface area contributed by atoms with Crippen LogP contribution in [-0.4, -0.2) is 50.9 Å². The van der Waals surface area contributed by atoms with Crippen molar-refractivity contribution in [1.82, 2.24) is 25.1 Å². The third-order valence-corrected chi connectivity index (χ3v) is 4.60. The Bertz CT molecular complexity index is 709. The summed E-state index contributed by atoms with van der Waals surface area (Å²) in [5.74, 6) is 0.786. The van der Waals surface area contributed by atoms with Gasteiger partial charge in [-0.05, 0) is 46.5 Å². The van der Waals surface area contributed by atoms with E-state index < -0.39 is 6.61 Å². The molecule has 1 unspecified atom stereocenters. The van der Waals surface area contributed by atoms with Gasteiger partial charge in [-0.2, -0.15) is 13.5 Å². The van der Waals surface area contributed by atoms with Crippen LogP contribution in [0.1, 0.15) is 26.1 Å². The molecule has 0 bridgehead atoms. The molecule has 144 valence electrons. The number of halogens is 3. The van der Waals surface area contributed by atoms with Crippen LogP contribution in [-0.2, 0) is 6.54 Å². The predicted molar refractivity (Wildman–Crippen MR) is 94.7 cm³/mol. The maximum Gasteiger partial charge on any atom is 0.387 e. The molecule has 0 radical (unpaired) electrons. The predicted octanol–water partition coefficient (Wildman–Crippen LogP) is 2.24. The fourth-order valence-corrected chi connectivity index (χ4v) is 3.09. The number of nitrogens with two attached hydrogens (primary N) is 1. The van der Waals surface area contributed by atoms with E-state index in [9.17, 15) is 8.78 Å². The lowest BCUT2D eigenvalue weighted by atomic mass is 9.80. The van der Waals surface area contributed by atoms with Crippen molar-refractivity contribution >= 4 is 12.4 Å². The minimum atomic E-state index is -2.84. The third-order valence-electron chi connectivity index (χ3n) is 4.60. The van der Waals surface area contributed by atoms with Gasteiger partial charge in [0.15, 0.2) is 5.82 Å². The summed E-state index contributed by atoms with van der Waals surface area (Å²) in [5, 5.41) is 11.9. The Morgan fingerprint density at radius 3 is 2.62 bits per heavy atom. The molecule has 1 atom stereocenters. The SMILES string of the molecule is CC1(C)CN(Cc2nnnn2-c2ccc(OC(F)F)cc2)CCC1N.Cl. The largest absolute Gasteiger partial charge is 0.435 e. The number of aromatic nitrogens is 4. The Kier molecular flexibility index (Phi) is 6.48. The second-order valence-corrected chi connectivity index (χ2v) is 6.97. The first kappa shape index (κ1) is 20.5. The second-order valence-electron chi connectivity index (χ2n) is 6.97. The van der Waals surface area contributed by atoms with Gasteiger partial charge in [0.2, 0.25) is 0 Å². The maximum absolute atomic E-state index is 12.2. The number of nitrogens with zero attached hydrogens (tertiary/aromatic N) is 5. The number of alkyl halides is 2. The van der Waals surface area contributed by atoms with E-state index in [0.29, 0.717) is 18.1 Å². The molecule has 10 heteroatoms. The summed E-state index contributed by atoms with van der Waals surface area (Å²) in [4.78, 5) is 2.28. The lowest BCUT2D eigenvalue weighted by Crippen LogP contribution is -2.52. The van der Waals surface area contributed by atoms with Crippen molar-refractivity contribution in [2.24, 2.45) is 11.1 Å². The zero-order valence-corrected chi connectivity index (χ0v) is 15.5. The van der Waals surface area contributed by atoms with Gasteiger partial charge in [0, 0.05) is 19.1 Å². The van der Waals surface area contributed by atoms with Gasteiger partial charge < -0.3 is 10.5 Å². The maximum atomic E-state index is 12.2. The quantitative estimate of drug-likeness (QED) is 0.845. The Labute approximate surface area is 156 Å². The summed E-state index contributed by atoms with van der Waals surface area (Å²) in [7, 11) is 0. The minimum Gasteiger partial charge on any atom is -0.435 e. The number of piperidine rings is 1. The van der Waals surface area contributed by atoms with Gasteiger partial charge in [-0.1, -0.05) is 13.8 Å². The van der Waals surface area contributed by atoms with Crippen molar-refractivity contribution in [3.8, 4) is 11.4 Å². The molecule has 26 heavy (non-hydrogen) atoms. The fourth-order valence-electron chi connectivity index (χ4n) is 3.09. The van der Waals surface area contributed by atoms with Gasteiger partial charge in [0.05, 0.1) is 12.2 Å². The first-order chi connectivity index (χ1) is 11.8. The number of tetrazole rings is 1. The number of likely N-dealkylation sites (tertiary alicyclic amines) is 1. The Hall–Kier alpha value is -1.84. The van der Waals surface area contributed by atoms with Gasteiger partial charge in [0.1, 0.15) is 5.75 Å². The molecule has 2 aromatic rings. The average molecular weight is 389 g/mol. The number of hydrogen-bond acceptors (Lipinski definition) is 6. The third kappa shape index (κ3) is 4.66. The monoisotopic (exact) mass is 388 g/mol. The summed E-state index contributed by atoms with van der Waals surface area (Å²) >= 11 is 0. The first-order valence-corrected chi connectivity index (χ1v) is 8.15. The van der Waals surface area contributed by atoms with Gasteiger partial charge >= 0.3 is 6.61 Å². The lowest BCUT2D eigenvalue weighted by molar-refractivity contribution is -0.0498. The molecule has 0 saturated carbocycles. The molecule has 0 spiro atoms. The highest BCUT2D eigenvalue weighted by molar-refractivity contribution is 5.85. The van der Waals surface area contributed by atoms with E-state index in [1.54, 1.807) is 16.8 Å².